The number of aryl methyl sites for hydroxylation is 1. The van der Waals surface area contributed by atoms with E-state index in [1.54, 1.807) is 17.8 Å². The van der Waals surface area contributed by atoms with E-state index in [4.69, 9.17) is 14.2 Å². The summed E-state index contributed by atoms with van der Waals surface area (Å²) in [6, 6.07) is 3.90. The van der Waals surface area contributed by atoms with Crippen LogP contribution in [0.5, 0.6) is 5.88 Å². The van der Waals surface area contributed by atoms with Gasteiger partial charge in [-0.15, -0.1) is 0 Å². The van der Waals surface area contributed by atoms with Gasteiger partial charge in [0, 0.05) is 37.8 Å². The Balaban J connectivity index is 1.69. The first-order valence-corrected chi connectivity index (χ1v) is 9.41. The van der Waals surface area contributed by atoms with Crippen molar-refractivity contribution in [2.24, 2.45) is 0 Å². The van der Waals surface area contributed by atoms with E-state index in [-0.39, 0.29) is 6.10 Å². The molecule has 2 aliphatic rings. The third kappa shape index (κ3) is 3.49. The standard InChI is InChI=1S/C19H24N4O4/c1-3-26-19(24)16-17(21-23-7-6-13(2)27-18(16)23)14-4-5-15(20-12-14)22-8-10-25-11-9-22/h4-5,12-13H,3,6-11H2,1-2H3/t13-/m1/s1. The van der Waals surface area contributed by atoms with E-state index < -0.39 is 5.97 Å². The fraction of sp³-hybridized carbons (Fsp3) is 0.526. The Bertz CT molecular complexity index is 812. The molecule has 27 heavy (non-hydrogen) atoms. The van der Waals surface area contributed by atoms with Crippen LogP contribution >= 0.6 is 0 Å². The van der Waals surface area contributed by atoms with Gasteiger partial charge in [0.1, 0.15) is 17.1 Å². The van der Waals surface area contributed by atoms with Crippen LogP contribution in [0.25, 0.3) is 11.3 Å². The lowest BCUT2D eigenvalue weighted by molar-refractivity contribution is 0.0515. The summed E-state index contributed by atoms with van der Waals surface area (Å²) in [6.45, 7) is 7.85. The van der Waals surface area contributed by atoms with Crippen LogP contribution in [-0.2, 0) is 16.0 Å². The Morgan fingerprint density at radius 2 is 2.11 bits per heavy atom. The second-order valence-corrected chi connectivity index (χ2v) is 6.69. The molecule has 144 valence electrons. The summed E-state index contributed by atoms with van der Waals surface area (Å²) in [5.74, 6) is 0.966. The quantitative estimate of drug-likeness (QED) is 0.761. The van der Waals surface area contributed by atoms with Crippen LogP contribution in [0.3, 0.4) is 0 Å². The number of rotatable bonds is 4. The van der Waals surface area contributed by atoms with E-state index in [1.807, 2.05) is 19.1 Å². The molecular formula is C19H24N4O4. The van der Waals surface area contributed by atoms with E-state index in [9.17, 15) is 4.79 Å². The van der Waals surface area contributed by atoms with Crippen molar-refractivity contribution in [3.05, 3.63) is 23.9 Å². The molecule has 0 bridgehead atoms. The van der Waals surface area contributed by atoms with E-state index in [0.29, 0.717) is 43.5 Å². The molecule has 8 heteroatoms. The number of esters is 1. The van der Waals surface area contributed by atoms with Crippen molar-refractivity contribution in [1.29, 1.82) is 0 Å². The molecule has 0 N–H and O–H groups in total. The molecule has 1 saturated heterocycles. The fourth-order valence-corrected chi connectivity index (χ4v) is 3.37. The first-order chi connectivity index (χ1) is 13.2. The van der Waals surface area contributed by atoms with Crippen LogP contribution < -0.4 is 9.64 Å². The normalized spacial score (nSPS) is 19.3. The number of fused-ring (bicyclic) bond motifs is 1. The monoisotopic (exact) mass is 372 g/mol. The summed E-state index contributed by atoms with van der Waals surface area (Å²) in [7, 11) is 0. The van der Waals surface area contributed by atoms with Gasteiger partial charge >= 0.3 is 5.97 Å². The zero-order chi connectivity index (χ0) is 18.8. The van der Waals surface area contributed by atoms with Crippen molar-refractivity contribution < 1.29 is 19.0 Å². The van der Waals surface area contributed by atoms with Crippen molar-refractivity contribution in [3.63, 3.8) is 0 Å². The molecule has 1 atom stereocenters. The third-order valence-electron chi connectivity index (χ3n) is 4.80. The minimum Gasteiger partial charge on any atom is -0.474 e. The van der Waals surface area contributed by atoms with E-state index in [1.165, 1.54) is 0 Å². The number of hydrogen-bond acceptors (Lipinski definition) is 7. The minimum absolute atomic E-state index is 0.0389. The van der Waals surface area contributed by atoms with Crippen LogP contribution in [0, 0.1) is 0 Å². The van der Waals surface area contributed by atoms with Crippen LogP contribution in [0.1, 0.15) is 30.6 Å². The molecule has 0 saturated carbocycles. The van der Waals surface area contributed by atoms with Crippen molar-refractivity contribution in [1.82, 2.24) is 14.8 Å². The van der Waals surface area contributed by atoms with Gasteiger partial charge in [0.15, 0.2) is 0 Å². The number of morpholine rings is 1. The van der Waals surface area contributed by atoms with Gasteiger partial charge in [-0.05, 0) is 26.0 Å². The van der Waals surface area contributed by atoms with Crippen molar-refractivity contribution >= 4 is 11.8 Å². The smallest absolute Gasteiger partial charge is 0.345 e. The summed E-state index contributed by atoms with van der Waals surface area (Å²) < 4.78 is 18.3. The van der Waals surface area contributed by atoms with Crippen LogP contribution in [0.15, 0.2) is 18.3 Å². The summed E-state index contributed by atoms with van der Waals surface area (Å²) in [5, 5.41) is 4.62. The maximum atomic E-state index is 12.6. The van der Waals surface area contributed by atoms with Gasteiger partial charge in [-0.3, -0.25) is 0 Å². The van der Waals surface area contributed by atoms with Crippen molar-refractivity contribution in [2.75, 3.05) is 37.8 Å². The highest BCUT2D eigenvalue weighted by atomic mass is 16.5. The number of nitrogens with zero attached hydrogens (tertiary/aromatic N) is 4. The van der Waals surface area contributed by atoms with Crippen molar-refractivity contribution in [3.8, 4) is 17.1 Å². The fourth-order valence-electron chi connectivity index (χ4n) is 3.37. The first-order valence-electron chi connectivity index (χ1n) is 9.41. The van der Waals surface area contributed by atoms with E-state index in [0.717, 1.165) is 30.9 Å². The molecule has 0 unspecified atom stereocenters. The highest BCUT2D eigenvalue weighted by Gasteiger charge is 2.31. The van der Waals surface area contributed by atoms with Crippen LogP contribution in [0.4, 0.5) is 5.82 Å². The molecule has 0 amide bonds. The number of aromatic nitrogens is 3. The average molecular weight is 372 g/mol. The Kier molecular flexibility index (Phi) is 4.98. The first kappa shape index (κ1) is 17.8. The highest BCUT2D eigenvalue weighted by Crippen LogP contribution is 2.34. The molecule has 2 aliphatic heterocycles. The number of carbonyl (C=O) groups is 1. The lowest BCUT2D eigenvalue weighted by atomic mass is 10.1. The molecule has 4 rings (SSSR count). The molecule has 1 fully saturated rings. The molecular weight excluding hydrogens is 348 g/mol. The summed E-state index contributed by atoms with van der Waals surface area (Å²) in [4.78, 5) is 19.4. The summed E-state index contributed by atoms with van der Waals surface area (Å²) in [5.41, 5.74) is 1.70. The number of anilines is 1. The van der Waals surface area contributed by atoms with E-state index >= 15 is 0 Å². The van der Waals surface area contributed by atoms with Gasteiger partial charge in [0.25, 0.3) is 0 Å². The third-order valence-corrected chi connectivity index (χ3v) is 4.80. The molecule has 0 aromatic carbocycles. The molecule has 0 radical (unpaired) electrons. The molecule has 8 nitrogen and oxygen atoms in total. The Hall–Kier alpha value is -2.61. The van der Waals surface area contributed by atoms with Gasteiger partial charge in [-0.2, -0.15) is 5.10 Å². The zero-order valence-corrected chi connectivity index (χ0v) is 15.7. The second-order valence-electron chi connectivity index (χ2n) is 6.69. The Labute approximate surface area is 158 Å². The number of hydrogen-bond donors (Lipinski definition) is 0. The van der Waals surface area contributed by atoms with Crippen LogP contribution in [0.2, 0.25) is 0 Å². The van der Waals surface area contributed by atoms with E-state index in [2.05, 4.69) is 15.0 Å². The minimum atomic E-state index is -0.417. The molecule has 2 aromatic rings. The predicted molar refractivity (Wildman–Crippen MR) is 99.2 cm³/mol. The Morgan fingerprint density at radius 1 is 1.30 bits per heavy atom. The second kappa shape index (κ2) is 7.56. The van der Waals surface area contributed by atoms with Gasteiger partial charge in [-0.25, -0.2) is 14.5 Å². The summed E-state index contributed by atoms with van der Waals surface area (Å²) >= 11 is 0. The van der Waals surface area contributed by atoms with Gasteiger partial charge < -0.3 is 19.1 Å². The maximum Gasteiger partial charge on any atom is 0.345 e. The highest BCUT2D eigenvalue weighted by molar-refractivity contribution is 5.98. The molecule has 0 spiro atoms. The van der Waals surface area contributed by atoms with Gasteiger partial charge in [-0.1, -0.05) is 0 Å². The number of pyridine rings is 1. The predicted octanol–water partition coefficient (Wildman–Crippen LogP) is 2.13. The summed E-state index contributed by atoms with van der Waals surface area (Å²) in [6.07, 6.45) is 2.65. The van der Waals surface area contributed by atoms with Gasteiger partial charge in [0.05, 0.1) is 25.9 Å². The SMILES string of the molecule is CCOC(=O)c1c(-c2ccc(N3CCOCC3)nc2)nn2c1O[C@H](C)CC2. The van der Waals surface area contributed by atoms with Gasteiger partial charge in [0.2, 0.25) is 5.88 Å². The molecule has 0 aliphatic carbocycles. The molecule has 4 heterocycles. The zero-order valence-electron chi connectivity index (χ0n) is 15.7. The maximum absolute atomic E-state index is 12.6. The lowest BCUT2D eigenvalue weighted by Crippen LogP contribution is -2.36. The largest absolute Gasteiger partial charge is 0.474 e. The number of carbonyl (C=O) groups excluding carboxylic acids is 1. The van der Waals surface area contributed by atoms with Crippen LogP contribution in [-0.4, -0.2) is 59.7 Å². The Morgan fingerprint density at radius 3 is 2.81 bits per heavy atom. The van der Waals surface area contributed by atoms with Crippen molar-refractivity contribution in [2.45, 2.75) is 32.9 Å². The lowest BCUT2D eigenvalue weighted by Gasteiger charge is -2.27. The number of ether oxygens (including phenoxy) is 3. The molecule has 2 aromatic heterocycles. The average Bonchev–Trinajstić information content (AvgIpc) is 3.07. The topological polar surface area (TPSA) is 78.7 Å².